The number of methoxy groups -OCH3 is 2. The Labute approximate surface area is 211 Å². The van der Waals surface area contributed by atoms with E-state index in [-0.39, 0.29) is 17.8 Å². The van der Waals surface area contributed by atoms with Crippen LogP contribution in [0.5, 0.6) is 11.5 Å². The molecule has 3 aromatic carbocycles. The first-order chi connectivity index (χ1) is 15.6. The third kappa shape index (κ3) is 6.30. The molecule has 1 amide bonds. The molecule has 1 N–H and O–H groups in total. The standard InChI is InChI=1S/C23H22ClIN2O5S/c1-31-21-12-19(23(28)26-18-10-8-17(25)9-11-18)20(13-22(21)32-2)27(33(3,29)30)14-15-4-6-16(24)7-5-15/h4-13H,14H2,1-3H3,(H,26,28). The number of ether oxygens (including phenoxy) is 2. The van der Waals surface area contributed by atoms with Crippen molar-refractivity contribution in [1.29, 1.82) is 0 Å². The molecule has 7 nitrogen and oxygen atoms in total. The normalized spacial score (nSPS) is 11.1. The second kappa shape index (κ2) is 10.6. The number of hydrogen-bond donors (Lipinski definition) is 1. The van der Waals surface area contributed by atoms with E-state index >= 15 is 0 Å². The summed E-state index contributed by atoms with van der Waals surface area (Å²) in [6, 6.07) is 17.0. The molecule has 0 saturated carbocycles. The summed E-state index contributed by atoms with van der Waals surface area (Å²) in [5.41, 5.74) is 1.55. The lowest BCUT2D eigenvalue weighted by molar-refractivity contribution is 0.102. The smallest absolute Gasteiger partial charge is 0.257 e. The highest BCUT2D eigenvalue weighted by atomic mass is 127. The van der Waals surface area contributed by atoms with E-state index in [0.29, 0.717) is 27.8 Å². The number of hydrogen-bond acceptors (Lipinski definition) is 5. The fraction of sp³-hybridized carbons (Fsp3) is 0.174. The summed E-state index contributed by atoms with van der Waals surface area (Å²) in [6.07, 6.45) is 1.08. The van der Waals surface area contributed by atoms with Crippen LogP contribution >= 0.6 is 34.2 Å². The van der Waals surface area contributed by atoms with Crippen LogP contribution in [0.3, 0.4) is 0 Å². The summed E-state index contributed by atoms with van der Waals surface area (Å²) >= 11 is 8.14. The lowest BCUT2D eigenvalue weighted by Crippen LogP contribution is -2.31. The Kier molecular flexibility index (Phi) is 8.09. The maximum absolute atomic E-state index is 13.3. The van der Waals surface area contributed by atoms with Gasteiger partial charge in [-0.1, -0.05) is 23.7 Å². The number of sulfonamides is 1. The van der Waals surface area contributed by atoms with Crippen molar-refractivity contribution in [3.63, 3.8) is 0 Å². The fourth-order valence-corrected chi connectivity index (χ4v) is 4.50. The van der Waals surface area contributed by atoms with Gasteiger partial charge in [-0.15, -0.1) is 0 Å². The molecule has 10 heteroatoms. The van der Waals surface area contributed by atoms with Crippen LogP contribution in [0.15, 0.2) is 60.7 Å². The molecule has 0 unspecified atom stereocenters. The molecule has 0 radical (unpaired) electrons. The van der Waals surface area contributed by atoms with Crippen molar-refractivity contribution in [3.05, 3.63) is 80.4 Å². The summed E-state index contributed by atoms with van der Waals surface area (Å²) in [7, 11) is -0.896. The molecule has 0 aliphatic heterocycles. The van der Waals surface area contributed by atoms with Crippen molar-refractivity contribution in [2.24, 2.45) is 0 Å². The average molecular weight is 601 g/mol. The molecule has 0 aliphatic carbocycles. The maximum Gasteiger partial charge on any atom is 0.257 e. The van der Waals surface area contributed by atoms with Crippen LogP contribution in [0.2, 0.25) is 5.02 Å². The van der Waals surface area contributed by atoms with E-state index in [2.05, 4.69) is 27.9 Å². The van der Waals surface area contributed by atoms with Gasteiger partial charge >= 0.3 is 0 Å². The van der Waals surface area contributed by atoms with Crippen LogP contribution in [0.25, 0.3) is 0 Å². The third-order valence-corrected chi connectivity index (χ3v) is 6.85. The average Bonchev–Trinajstić information content (AvgIpc) is 2.78. The molecule has 0 fully saturated rings. The highest BCUT2D eigenvalue weighted by Gasteiger charge is 2.26. The number of nitrogens with one attached hydrogen (secondary N) is 1. The predicted octanol–water partition coefficient (Wildman–Crippen LogP) is 5.18. The second-order valence-corrected chi connectivity index (χ2v) is 10.7. The second-order valence-electron chi connectivity index (χ2n) is 7.08. The molecule has 0 atom stereocenters. The first kappa shape index (κ1) is 25.1. The number of amides is 1. The molecular formula is C23H22ClIN2O5S. The first-order valence-corrected chi connectivity index (χ1v) is 13.0. The summed E-state index contributed by atoms with van der Waals surface area (Å²) in [5, 5.41) is 3.35. The zero-order chi connectivity index (χ0) is 24.2. The predicted molar refractivity (Wildman–Crippen MR) is 139 cm³/mol. The molecule has 0 aliphatic rings. The number of nitrogens with zero attached hydrogens (tertiary/aromatic N) is 1. The molecule has 3 aromatic rings. The zero-order valence-corrected chi connectivity index (χ0v) is 21.9. The summed E-state index contributed by atoms with van der Waals surface area (Å²) < 4.78 is 38.5. The van der Waals surface area contributed by atoms with Gasteiger partial charge in [0.05, 0.1) is 38.3 Å². The van der Waals surface area contributed by atoms with Gasteiger partial charge in [-0.05, 0) is 70.6 Å². The number of carbonyl (C=O) groups is 1. The molecule has 0 aromatic heterocycles. The van der Waals surface area contributed by atoms with Gasteiger partial charge in [-0.2, -0.15) is 0 Å². The van der Waals surface area contributed by atoms with Gasteiger partial charge in [0.25, 0.3) is 5.91 Å². The topological polar surface area (TPSA) is 84.9 Å². The Bertz CT molecular complexity index is 1250. The van der Waals surface area contributed by atoms with Gasteiger partial charge < -0.3 is 14.8 Å². The van der Waals surface area contributed by atoms with Gasteiger partial charge in [0.15, 0.2) is 11.5 Å². The zero-order valence-electron chi connectivity index (χ0n) is 18.1. The van der Waals surface area contributed by atoms with Gasteiger partial charge in [-0.25, -0.2) is 8.42 Å². The molecule has 174 valence electrons. The van der Waals surface area contributed by atoms with Crippen LogP contribution in [0.4, 0.5) is 11.4 Å². The Morgan fingerprint density at radius 3 is 2.12 bits per heavy atom. The number of carbonyl (C=O) groups excluding carboxylic acids is 1. The van der Waals surface area contributed by atoms with Crippen molar-refractivity contribution in [1.82, 2.24) is 0 Å². The van der Waals surface area contributed by atoms with Crippen molar-refractivity contribution < 1.29 is 22.7 Å². The molecule has 3 rings (SSSR count). The lowest BCUT2D eigenvalue weighted by Gasteiger charge is -2.26. The van der Waals surface area contributed by atoms with Crippen LogP contribution in [0, 0.1) is 3.57 Å². The van der Waals surface area contributed by atoms with Gasteiger partial charge in [-0.3, -0.25) is 9.10 Å². The number of anilines is 2. The minimum atomic E-state index is -3.78. The van der Waals surface area contributed by atoms with E-state index in [4.69, 9.17) is 21.1 Å². The van der Waals surface area contributed by atoms with Crippen LogP contribution in [-0.4, -0.2) is 34.8 Å². The monoisotopic (exact) mass is 600 g/mol. The fourth-order valence-electron chi connectivity index (χ4n) is 3.12. The molecule has 0 spiro atoms. The lowest BCUT2D eigenvalue weighted by atomic mass is 10.1. The molecule has 33 heavy (non-hydrogen) atoms. The summed E-state index contributed by atoms with van der Waals surface area (Å²) in [4.78, 5) is 13.3. The molecule has 0 saturated heterocycles. The van der Waals surface area contributed by atoms with E-state index in [0.717, 1.165) is 14.1 Å². The summed E-state index contributed by atoms with van der Waals surface area (Å²) in [5.74, 6) is 0.106. The highest BCUT2D eigenvalue weighted by Crippen LogP contribution is 2.37. The minimum Gasteiger partial charge on any atom is -0.493 e. The van der Waals surface area contributed by atoms with Crippen molar-refractivity contribution in [2.45, 2.75) is 6.54 Å². The van der Waals surface area contributed by atoms with E-state index in [9.17, 15) is 13.2 Å². The van der Waals surface area contributed by atoms with Gasteiger partial charge in [0, 0.05) is 20.3 Å². The van der Waals surface area contributed by atoms with Crippen LogP contribution in [-0.2, 0) is 16.6 Å². The van der Waals surface area contributed by atoms with Crippen LogP contribution < -0.4 is 19.1 Å². The maximum atomic E-state index is 13.3. The van der Waals surface area contributed by atoms with E-state index in [1.165, 1.54) is 26.4 Å². The van der Waals surface area contributed by atoms with Gasteiger partial charge in [0.1, 0.15) is 0 Å². The van der Waals surface area contributed by atoms with Crippen molar-refractivity contribution >= 4 is 61.5 Å². The first-order valence-electron chi connectivity index (χ1n) is 9.67. The Balaban J connectivity index is 2.12. The number of rotatable bonds is 8. The Morgan fingerprint density at radius 2 is 1.58 bits per heavy atom. The quantitative estimate of drug-likeness (QED) is 0.360. The summed E-state index contributed by atoms with van der Waals surface area (Å²) in [6.45, 7) is -0.00467. The minimum absolute atomic E-state index is 0.00467. The largest absolute Gasteiger partial charge is 0.493 e. The number of benzene rings is 3. The Morgan fingerprint density at radius 1 is 1.00 bits per heavy atom. The molecule has 0 bridgehead atoms. The third-order valence-electron chi connectivity index (χ3n) is 4.76. The Hall–Kier alpha value is -2.50. The number of halogens is 2. The van der Waals surface area contributed by atoms with Crippen LogP contribution in [0.1, 0.15) is 15.9 Å². The van der Waals surface area contributed by atoms with E-state index in [1.54, 1.807) is 36.4 Å². The van der Waals surface area contributed by atoms with E-state index in [1.807, 2.05) is 12.1 Å². The van der Waals surface area contributed by atoms with Gasteiger partial charge in [0.2, 0.25) is 10.0 Å². The highest BCUT2D eigenvalue weighted by molar-refractivity contribution is 14.1. The van der Waals surface area contributed by atoms with Crippen molar-refractivity contribution in [2.75, 3.05) is 30.1 Å². The van der Waals surface area contributed by atoms with E-state index < -0.39 is 15.9 Å². The molecular weight excluding hydrogens is 579 g/mol. The van der Waals surface area contributed by atoms with Crippen molar-refractivity contribution in [3.8, 4) is 11.5 Å². The molecule has 0 heterocycles. The SMILES string of the molecule is COc1cc(C(=O)Nc2ccc(I)cc2)c(N(Cc2ccc(Cl)cc2)S(C)(=O)=O)cc1OC.